The third kappa shape index (κ3) is 2.38. The number of hydrogen-bond donors (Lipinski definition) is 0. The van der Waals surface area contributed by atoms with Crippen LogP contribution in [0.1, 0.15) is 37.5 Å². The van der Waals surface area contributed by atoms with Gasteiger partial charge in [-0.15, -0.1) is 11.6 Å². The third-order valence-electron chi connectivity index (χ3n) is 3.17. The van der Waals surface area contributed by atoms with Gasteiger partial charge in [0.05, 0.1) is 29.1 Å². The van der Waals surface area contributed by atoms with Crippen LogP contribution in [0.4, 0.5) is 0 Å². The van der Waals surface area contributed by atoms with Crippen molar-refractivity contribution in [1.29, 1.82) is 0 Å². The minimum absolute atomic E-state index is 0.108. The van der Waals surface area contributed by atoms with E-state index in [0.717, 1.165) is 23.3 Å². The second-order valence-corrected chi connectivity index (χ2v) is 5.12. The Morgan fingerprint density at radius 3 is 2.72 bits per heavy atom. The molecule has 2 unspecified atom stereocenters. The Hall–Kier alpha value is -1.06. The van der Waals surface area contributed by atoms with Crippen molar-refractivity contribution in [2.24, 2.45) is 0 Å². The number of ether oxygens (including phenoxy) is 1. The largest absolute Gasteiger partial charge is 0.383 e. The molecule has 0 aliphatic carbocycles. The van der Waals surface area contributed by atoms with Gasteiger partial charge in [-0.2, -0.15) is 0 Å². The highest BCUT2D eigenvalue weighted by molar-refractivity contribution is 6.20. The van der Waals surface area contributed by atoms with E-state index in [-0.39, 0.29) is 11.4 Å². The van der Waals surface area contributed by atoms with Crippen molar-refractivity contribution >= 4 is 22.6 Å². The summed E-state index contributed by atoms with van der Waals surface area (Å²) >= 11 is 6.26. The van der Waals surface area contributed by atoms with Crippen molar-refractivity contribution < 1.29 is 4.74 Å². The zero-order chi connectivity index (χ0) is 13.1. The second-order valence-electron chi connectivity index (χ2n) is 4.46. The van der Waals surface area contributed by atoms with Crippen LogP contribution < -0.4 is 0 Å². The Kier molecular flexibility index (Phi) is 4.25. The molecular formula is C14H19ClN2O. The number of hydrogen-bond acceptors (Lipinski definition) is 2. The average molecular weight is 267 g/mol. The van der Waals surface area contributed by atoms with Crippen LogP contribution in [0, 0.1) is 0 Å². The summed E-state index contributed by atoms with van der Waals surface area (Å²) in [6, 6.07) is 8.42. The van der Waals surface area contributed by atoms with Gasteiger partial charge in [0.2, 0.25) is 0 Å². The van der Waals surface area contributed by atoms with E-state index < -0.39 is 0 Å². The Balaban J connectivity index is 2.60. The van der Waals surface area contributed by atoms with E-state index in [9.17, 15) is 0 Å². The molecule has 0 saturated heterocycles. The van der Waals surface area contributed by atoms with Crippen LogP contribution in [0.2, 0.25) is 0 Å². The molecule has 0 aliphatic rings. The number of rotatable bonds is 5. The molecule has 1 aromatic heterocycles. The fourth-order valence-corrected chi connectivity index (χ4v) is 2.45. The van der Waals surface area contributed by atoms with Gasteiger partial charge in [-0.3, -0.25) is 0 Å². The number of imidazole rings is 1. The van der Waals surface area contributed by atoms with Crippen LogP contribution in [0.3, 0.4) is 0 Å². The predicted molar refractivity (Wildman–Crippen MR) is 75.2 cm³/mol. The summed E-state index contributed by atoms with van der Waals surface area (Å²) in [5.41, 5.74) is 2.12. The first-order valence-electron chi connectivity index (χ1n) is 6.28. The van der Waals surface area contributed by atoms with Gasteiger partial charge in [-0.1, -0.05) is 19.1 Å². The van der Waals surface area contributed by atoms with Crippen molar-refractivity contribution in [1.82, 2.24) is 9.55 Å². The van der Waals surface area contributed by atoms with Gasteiger partial charge in [0.15, 0.2) is 0 Å². The maximum absolute atomic E-state index is 6.26. The van der Waals surface area contributed by atoms with Crippen LogP contribution in [0.15, 0.2) is 24.3 Å². The van der Waals surface area contributed by atoms with Gasteiger partial charge < -0.3 is 9.30 Å². The number of benzene rings is 1. The van der Waals surface area contributed by atoms with Crippen molar-refractivity contribution in [2.45, 2.75) is 31.7 Å². The van der Waals surface area contributed by atoms with Gasteiger partial charge in [0.1, 0.15) is 5.82 Å². The fourth-order valence-electron chi connectivity index (χ4n) is 2.29. The summed E-state index contributed by atoms with van der Waals surface area (Å²) < 4.78 is 7.53. The molecule has 18 heavy (non-hydrogen) atoms. The van der Waals surface area contributed by atoms with Gasteiger partial charge in [0, 0.05) is 7.11 Å². The van der Waals surface area contributed by atoms with E-state index in [4.69, 9.17) is 16.3 Å². The van der Waals surface area contributed by atoms with Gasteiger partial charge in [0.25, 0.3) is 0 Å². The summed E-state index contributed by atoms with van der Waals surface area (Å²) in [5, 5.41) is -0.108. The first-order chi connectivity index (χ1) is 8.69. The van der Waals surface area contributed by atoms with Crippen LogP contribution in [-0.2, 0) is 4.74 Å². The fraction of sp³-hybridized carbons (Fsp3) is 0.500. The molecule has 2 aromatic rings. The maximum Gasteiger partial charge on any atom is 0.128 e. The van der Waals surface area contributed by atoms with E-state index in [0.29, 0.717) is 6.61 Å². The molecule has 3 nitrogen and oxygen atoms in total. The molecule has 0 spiro atoms. The quantitative estimate of drug-likeness (QED) is 0.767. The Morgan fingerprint density at radius 1 is 1.39 bits per heavy atom. The van der Waals surface area contributed by atoms with Crippen LogP contribution in [0.5, 0.6) is 0 Å². The molecule has 0 N–H and O–H groups in total. The number of aromatic nitrogens is 2. The van der Waals surface area contributed by atoms with Crippen LogP contribution >= 0.6 is 11.6 Å². The lowest BCUT2D eigenvalue weighted by atomic mass is 10.2. The van der Waals surface area contributed by atoms with Gasteiger partial charge in [-0.25, -0.2) is 4.98 Å². The Morgan fingerprint density at radius 2 is 2.11 bits per heavy atom. The minimum Gasteiger partial charge on any atom is -0.383 e. The number of methoxy groups -OCH3 is 1. The summed E-state index contributed by atoms with van der Waals surface area (Å²) in [6.45, 7) is 4.79. The number of para-hydroxylation sites is 2. The molecule has 1 heterocycles. The molecule has 0 fully saturated rings. The van der Waals surface area contributed by atoms with E-state index in [1.807, 2.05) is 25.1 Å². The van der Waals surface area contributed by atoms with Gasteiger partial charge >= 0.3 is 0 Å². The van der Waals surface area contributed by atoms with Crippen molar-refractivity contribution in [3.63, 3.8) is 0 Å². The standard InChI is InChI=1S/C14H19ClN2O/c1-4-11(9-18-3)17-13-8-6-5-7-12(13)16-14(17)10(2)15/h5-8,10-11H,4,9H2,1-3H3. The number of nitrogens with zero attached hydrogens (tertiary/aromatic N) is 2. The highest BCUT2D eigenvalue weighted by Gasteiger charge is 2.20. The summed E-state index contributed by atoms with van der Waals surface area (Å²) in [6.07, 6.45) is 0.991. The van der Waals surface area contributed by atoms with Crippen molar-refractivity contribution in [3.8, 4) is 0 Å². The molecule has 0 aliphatic heterocycles. The first-order valence-corrected chi connectivity index (χ1v) is 6.72. The summed E-state index contributed by atoms with van der Waals surface area (Å²) in [7, 11) is 1.73. The predicted octanol–water partition coefficient (Wildman–Crippen LogP) is 3.93. The third-order valence-corrected chi connectivity index (χ3v) is 3.37. The molecule has 2 rings (SSSR count). The highest BCUT2D eigenvalue weighted by atomic mass is 35.5. The Labute approximate surface area is 113 Å². The van der Waals surface area contributed by atoms with Crippen molar-refractivity contribution in [2.75, 3.05) is 13.7 Å². The summed E-state index contributed by atoms with van der Waals surface area (Å²) in [5.74, 6) is 0.918. The lowest BCUT2D eigenvalue weighted by Crippen LogP contribution is -2.16. The van der Waals surface area contributed by atoms with E-state index >= 15 is 0 Å². The number of alkyl halides is 1. The molecule has 0 bridgehead atoms. The minimum atomic E-state index is -0.108. The molecule has 0 amide bonds. The lowest BCUT2D eigenvalue weighted by molar-refractivity contribution is 0.153. The first kappa shape index (κ1) is 13.4. The molecule has 0 saturated carbocycles. The van der Waals surface area contributed by atoms with Gasteiger partial charge in [-0.05, 0) is 25.5 Å². The summed E-state index contributed by atoms with van der Waals surface area (Å²) in [4.78, 5) is 4.64. The molecule has 1 aromatic carbocycles. The molecule has 2 atom stereocenters. The highest BCUT2D eigenvalue weighted by Crippen LogP contribution is 2.29. The average Bonchev–Trinajstić information content (AvgIpc) is 2.75. The second kappa shape index (κ2) is 5.72. The molecule has 98 valence electrons. The van der Waals surface area contributed by atoms with E-state index in [1.54, 1.807) is 7.11 Å². The molecule has 0 radical (unpaired) electrons. The molecule has 4 heteroatoms. The van der Waals surface area contributed by atoms with E-state index in [2.05, 4.69) is 22.5 Å². The number of fused-ring (bicyclic) bond motifs is 1. The van der Waals surface area contributed by atoms with E-state index in [1.165, 1.54) is 0 Å². The molecular weight excluding hydrogens is 248 g/mol. The monoisotopic (exact) mass is 266 g/mol. The maximum atomic E-state index is 6.26. The topological polar surface area (TPSA) is 27.1 Å². The SMILES string of the molecule is CCC(COC)n1c(C(C)Cl)nc2ccccc21. The normalized spacial score (nSPS) is 14.9. The Bertz CT molecular complexity index is 521. The smallest absolute Gasteiger partial charge is 0.128 e. The zero-order valence-corrected chi connectivity index (χ0v) is 11.8. The van der Waals surface area contributed by atoms with Crippen molar-refractivity contribution in [3.05, 3.63) is 30.1 Å². The number of halogens is 1. The van der Waals surface area contributed by atoms with Crippen LogP contribution in [-0.4, -0.2) is 23.3 Å². The zero-order valence-electron chi connectivity index (χ0n) is 11.1. The van der Waals surface area contributed by atoms with Crippen LogP contribution in [0.25, 0.3) is 11.0 Å². The lowest BCUT2D eigenvalue weighted by Gasteiger charge is -2.20.